The van der Waals surface area contributed by atoms with E-state index in [0.717, 1.165) is 44.1 Å². The Morgan fingerprint density at radius 1 is 1.04 bits per heavy atom. The third-order valence-corrected chi connectivity index (χ3v) is 5.93. The van der Waals surface area contributed by atoms with Crippen LogP contribution in [-0.4, -0.2) is 45.5 Å². The number of likely N-dealkylation sites (tertiary alicyclic amines) is 2. The molecule has 4 nitrogen and oxygen atoms in total. The molecular weight excluding hydrogens is 334 g/mol. The van der Waals surface area contributed by atoms with Crippen LogP contribution in [0.3, 0.4) is 0 Å². The van der Waals surface area contributed by atoms with Crippen molar-refractivity contribution in [1.29, 1.82) is 0 Å². The predicted octanol–water partition coefficient (Wildman–Crippen LogP) is 3.19. The van der Waals surface area contributed by atoms with Crippen LogP contribution >= 0.6 is 0 Å². The van der Waals surface area contributed by atoms with Crippen molar-refractivity contribution in [2.24, 2.45) is 12.5 Å². The predicted molar refractivity (Wildman–Crippen MR) is 96.4 cm³/mol. The second-order valence-electron chi connectivity index (χ2n) is 7.98. The van der Waals surface area contributed by atoms with Gasteiger partial charge < -0.3 is 4.57 Å². The number of hydrogen-bond acceptors (Lipinski definition) is 3. The summed E-state index contributed by atoms with van der Waals surface area (Å²) in [6.45, 7) is 5.84. The molecule has 0 bridgehead atoms. The molecule has 6 heteroatoms. The highest BCUT2D eigenvalue weighted by molar-refractivity contribution is 5.18. The molecule has 3 heterocycles. The maximum absolute atomic E-state index is 13.5. The first kappa shape index (κ1) is 17.6. The largest absolute Gasteiger partial charge is 0.337 e. The molecule has 2 aliphatic rings. The van der Waals surface area contributed by atoms with Gasteiger partial charge in [-0.3, -0.25) is 9.80 Å². The molecule has 1 unspecified atom stereocenters. The molecule has 1 aromatic carbocycles. The first-order valence-electron chi connectivity index (χ1n) is 9.38. The summed E-state index contributed by atoms with van der Waals surface area (Å²) >= 11 is 0. The lowest BCUT2D eigenvalue weighted by molar-refractivity contribution is 0.0861. The molecule has 1 aromatic heterocycles. The lowest BCUT2D eigenvalue weighted by Gasteiger charge is -2.40. The quantitative estimate of drug-likeness (QED) is 0.837. The van der Waals surface area contributed by atoms with Crippen LogP contribution in [0, 0.1) is 17.0 Å². The second kappa shape index (κ2) is 7.08. The number of benzene rings is 1. The first-order valence-corrected chi connectivity index (χ1v) is 9.38. The SMILES string of the molecule is Cn1ccnc1CN1CCC2(CCCN(Cc3ccc(F)c(F)c3)C2)C1. The number of piperidine rings is 1. The van der Waals surface area contributed by atoms with Crippen molar-refractivity contribution < 1.29 is 8.78 Å². The average Bonchev–Trinajstić information content (AvgIpc) is 3.18. The number of halogens is 2. The van der Waals surface area contributed by atoms with Crippen molar-refractivity contribution in [2.75, 3.05) is 26.2 Å². The Morgan fingerprint density at radius 3 is 2.58 bits per heavy atom. The summed E-state index contributed by atoms with van der Waals surface area (Å²) in [4.78, 5) is 9.35. The highest BCUT2D eigenvalue weighted by Crippen LogP contribution is 2.39. The Kier molecular flexibility index (Phi) is 4.80. The van der Waals surface area contributed by atoms with E-state index >= 15 is 0 Å². The molecule has 2 saturated heterocycles. The Hall–Kier alpha value is -1.79. The monoisotopic (exact) mass is 360 g/mol. The van der Waals surface area contributed by atoms with E-state index < -0.39 is 11.6 Å². The molecular formula is C20H26F2N4. The zero-order valence-corrected chi connectivity index (χ0v) is 15.3. The normalized spacial score (nSPS) is 24.6. The smallest absolute Gasteiger partial charge is 0.159 e. The molecule has 0 saturated carbocycles. The van der Waals surface area contributed by atoms with Crippen molar-refractivity contribution >= 4 is 0 Å². The highest BCUT2D eigenvalue weighted by Gasteiger charge is 2.41. The van der Waals surface area contributed by atoms with Crippen molar-refractivity contribution in [3.05, 3.63) is 53.6 Å². The lowest BCUT2D eigenvalue weighted by Crippen LogP contribution is -2.44. The molecule has 2 fully saturated rings. The molecule has 1 atom stereocenters. The van der Waals surface area contributed by atoms with Crippen molar-refractivity contribution in [3.63, 3.8) is 0 Å². The highest BCUT2D eigenvalue weighted by atomic mass is 19.2. The third-order valence-electron chi connectivity index (χ3n) is 5.93. The zero-order valence-electron chi connectivity index (χ0n) is 15.3. The summed E-state index contributed by atoms with van der Waals surface area (Å²) in [6, 6.07) is 4.26. The number of rotatable bonds is 4. The van der Waals surface area contributed by atoms with Crippen molar-refractivity contribution in [2.45, 2.75) is 32.4 Å². The number of aromatic nitrogens is 2. The van der Waals surface area contributed by atoms with E-state index in [0.29, 0.717) is 12.0 Å². The van der Waals surface area contributed by atoms with E-state index in [9.17, 15) is 8.78 Å². The Labute approximate surface area is 153 Å². The number of aryl methyl sites for hydroxylation is 1. The third kappa shape index (κ3) is 3.67. The van der Waals surface area contributed by atoms with Gasteiger partial charge in [-0.2, -0.15) is 0 Å². The maximum Gasteiger partial charge on any atom is 0.159 e. The molecule has 2 aliphatic heterocycles. The summed E-state index contributed by atoms with van der Waals surface area (Å²) in [6.07, 6.45) is 7.46. The first-order chi connectivity index (χ1) is 12.5. The molecule has 0 N–H and O–H groups in total. The number of nitrogens with zero attached hydrogens (tertiary/aromatic N) is 4. The molecule has 0 aliphatic carbocycles. The molecule has 1 spiro atoms. The van der Waals surface area contributed by atoms with Crippen LogP contribution in [0.25, 0.3) is 0 Å². The lowest BCUT2D eigenvalue weighted by atomic mass is 9.79. The summed E-state index contributed by atoms with van der Waals surface area (Å²) in [5.74, 6) is -0.419. The van der Waals surface area contributed by atoms with E-state index in [1.54, 1.807) is 6.07 Å². The van der Waals surface area contributed by atoms with Crippen LogP contribution in [0.2, 0.25) is 0 Å². The van der Waals surface area contributed by atoms with Crippen molar-refractivity contribution in [3.8, 4) is 0 Å². The molecule has 26 heavy (non-hydrogen) atoms. The fourth-order valence-corrected chi connectivity index (χ4v) is 4.59. The van der Waals surface area contributed by atoms with Crippen molar-refractivity contribution in [1.82, 2.24) is 19.4 Å². The number of imidazole rings is 1. The summed E-state index contributed by atoms with van der Waals surface area (Å²) in [7, 11) is 2.04. The average molecular weight is 360 g/mol. The van der Waals surface area contributed by atoms with Crippen LogP contribution in [0.5, 0.6) is 0 Å². The second-order valence-corrected chi connectivity index (χ2v) is 7.98. The molecule has 2 aromatic rings. The van der Waals surface area contributed by atoms with E-state index in [2.05, 4.69) is 19.4 Å². The van der Waals surface area contributed by atoms with Gasteiger partial charge in [0.05, 0.1) is 6.54 Å². The van der Waals surface area contributed by atoms with Gasteiger partial charge >= 0.3 is 0 Å². The van der Waals surface area contributed by atoms with Crippen LogP contribution in [0.1, 0.15) is 30.7 Å². The summed E-state index contributed by atoms with van der Waals surface area (Å²) in [5.41, 5.74) is 1.17. The van der Waals surface area contributed by atoms with Gasteiger partial charge in [0.25, 0.3) is 0 Å². The zero-order chi connectivity index (χ0) is 18.1. The van der Waals surface area contributed by atoms with Crippen LogP contribution < -0.4 is 0 Å². The van der Waals surface area contributed by atoms with Gasteiger partial charge in [0, 0.05) is 39.1 Å². The summed E-state index contributed by atoms with van der Waals surface area (Å²) in [5, 5.41) is 0. The Morgan fingerprint density at radius 2 is 1.85 bits per heavy atom. The standard InChI is InChI=1S/C20H26F2N4/c1-24-10-7-23-19(24)13-26-9-6-20(15-26)5-2-8-25(14-20)12-16-3-4-17(21)18(22)11-16/h3-4,7,10-11H,2,5-6,8-9,12-15H2,1H3. The molecule has 0 radical (unpaired) electrons. The van der Waals surface area contributed by atoms with Gasteiger partial charge in [0.2, 0.25) is 0 Å². The minimum atomic E-state index is -0.774. The van der Waals surface area contributed by atoms with Gasteiger partial charge in [0.1, 0.15) is 5.82 Å². The Balaban J connectivity index is 1.38. The minimum Gasteiger partial charge on any atom is -0.337 e. The fraction of sp³-hybridized carbons (Fsp3) is 0.550. The molecule has 4 rings (SSSR count). The summed E-state index contributed by atoms with van der Waals surface area (Å²) < 4.78 is 28.7. The van der Waals surface area contributed by atoms with E-state index in [-0.39, 0.29) is 0 Å². The molecule has 0 amide bonds. The van der Waals surface area contributed by atoms with Gasteiger partial charge in [-0.15, -0.1) is 0 Å². The molecule has 140 valence electrons. The van der Waals surface area contributed by atoms with Crippen LogP contribution in [-0.2, 0) is 20.1 Å². The van der Waals surface area contributed by atoms with E-state index in [1.807, 2.05) is 19.4 Å². The topological polar surface area (TPSA) is 24.3 Å². The minimum absolute atomic E-state index is 0.321. The maximum atomic E-state index is 13.5. The van der Waals surface area contributed by atoms with E-state index in [4.69, 9.17) is 0 Å². The van der Waals surface area contributed by atoms with Crippen LogP contribution in [0.15, 0.2) is 30.6 Å². The van der Waals surface area contributed by atoms with Gasteiger partial charge in [-0.1, -0.05) is 6.07 Å². The van der Waals surface area contributed by atoms with Gasteiger partial charge in [0.15, 0.2) is 11.6 Å². The van der Waals surface area contributed by atoms with Gasteiger partial charge in [-0.05, 0) is 55.5 Å². The fourth-order valence-electron chi connectivity index (χ4n) is 4.59. The van der Waals surface area contributed by atoms with Crippen LogP contribution in [0.4, 0.5) is 8.78 Å². The van der Waals surface area contributed by atoms with Gasteiger partial charge in [-0.25, -0.2) is 13.8 Å². The Bertz CT molecular complexity index is 775. The van der Waals surface area contributed by atoms with E-state index in [1.165, 1.54) is 31.4 Å². The number of hydrogen-bond donors (Lipinski definition) is 0.